The highest BCUT2D eigenvalue weighted by Crippen LogP contribution is 2.23. The summed E-state index contributed by atoms with van der Waals surface area (Å²) in [7, 11) is 0. The summed E-state index contributed by atoms with van der Waals surface area (Å²) in [4.78, 5) is 0. The van der Waals surface area contributed by atoms with Crippen molar-refractivity contribution in [1.82, 2.24) is 0 Å². The van der Waals surface area contributed by atoms with E-state index in [4.69, 9.17) is 0 Å². The van der Waals surface area contributed by atoms with Gasteiger partial charge in [0.2, 0.25) is 0 Å². The van der Waals surface area contributed by atoms with Crippen LogP contribution in [0.4, 0.5) is 13.2 Å². The van der Waals surface area contributed by atoms with E-state index in [1.165, 1.54) is 0 Å². The maximum atomic E-state index is 13.2. The first-order valence-electron chi connectivity index (χ1n) is 4.78. The Bertz CT molecular complexity index is 432. The van der Waals surface area contributed by atoms with Gasteiger partial charge in [-0.3, -0.25) is 0 Å². The number of rotatable bonds is 3. The maximum Gasteiger partial charge on any atom is 0.161 e. The van der Waals surface area contributed by atoms with E-state index >= 15 is 0 Å². The molecule has 1 N–H and O–H groups in total. The molecule has 0 heterocycles. The fourth-order valence-electron chi connectivity index (χ4n) is 1.28. The molecular weight excluding hydrogens is 217 g/mol. The predicted octanol–water partition coefficient (Wildman–Crippen LogP) is 2.94. The van der Waals surface area contributed by atoms with Gasteiger partial charge in [-0.25, -0.2) is 13.2 Å². The molecule has 0 fully saturated rings. The molecule has 1 aromatic carbocycles. The molecule has 4 heteroatoms. The molecule has 0 saturated carbocycles. The quantitative estimate of drug-likeness (QED) is 0.623. The molecule has 1 aromatic rings. The van der Waals surface area contributed by atoms with Gasteiger partial charge in [-0.15, -0.1) is 11.8 Å². The van der Waals surface area contributed by atoms with Crippen LogP contribution in [0.3, 0.4) is 0 Å². The van der Waals surface area contributed by atoms with Crippen LogP contribution in [-0.4, -0.2) is 5.11 Å². The van der Waals surface area contributed by atoms with Crippen LogP contribution in [0.2, 0.25) is 0 Å². The van der Waals surface area contributed by atoms with Crippen molar-refractivity contribution in [1.29, 1.82) is 0 Å². The Morgan fingerprint density at radius 1 is 1.19 bits per heavy atom. The monoisotopic (exact) mass is 228 g/mol. The average Bonchev–Trinajstić information content (AvgIpc) is 2.23. The third kappa shape index (κ3) is 3.01. The third-order valence-corrected chi connectivity index (χ3v) is 2.12. The van der Waals surface area contributed by atoms with Crippen LogP contribution in [0.15, 0.2) is 12.1 Å². The predicted molar refractivity (Wildman–Crippen MR) is 54.0 cm³/mol. The van der Waals surface area contributed by atoms with Crippen molar-refractivity contribution < 1.29 is 18.3 Å². The van der Waals surface area contributed by atoms with Crippen LogP contribution in [0.25, 0.3) is 0 Å². The third-order valence-electron chi connectivity index (χ3n) is 2.12. The standard InChI is InChI=1S/C12H11F3O/c1-2-3-4-5-12(16)8-6-10(14)11(15)7-9(8)13/h6-7,12,16H,4-5H2,1H3. The molecule has 0 aromatic heterocycles. The Hall–Kier alpha value is -1.47. The zero-order valence-electron chi connectivity index (χ0n) is 8.73. The van der Waals surface area contributed by atoms with E-state index in [2.05, 4.69) is 11.8 Å². The molecule has 0 amide bonds. The zero-order valence-corrected chi connectivity index (χ0v) is 8.73. The fraction of sp³-hybridized carbons (Fsp3) is 0.333. The van der Waals surface area contributed by atoms with Gasteiger partial charge in [0.1, 0.15) is 5.82 Å². The van der Waals surface area contributed by atoms with E-state index in [9.17, 15) is 18.3 Å². The number of aliphatic hydroxyl groups excluding tert-OH is 1. The van der Waals surface area contributed by atoms with Crippen molar-refractivity contribution >= 4 is 0 Å². The van der Waals surface area contributed by atoms with Crippen LogP contribution in [-0.2, 0) is 0 Å². The molecule has 1 atom stereocenters. The molecule has 0 radical (unpaired) electrons. The van der Waals surface area contributed by atoms with E-state index in [1.54, 1.807) is 6.92 Å². The molecule has 1 nitrogen and oxygen atoms in total. The number of halogens is 3. The maximum absolute atomic E-state index is 13.2. The Balaban J connectivity index is 2.85. The van der Waals surface area contributed by atoms with Gasteiger partial charge in [0.15, 0.2) is 11.6 Å². The van der Waals surface area contributed by atoms with Crippen LogP contribution >= 0.6 is 0 Å². The van der Waals surface area contributed by atoms with Gasteiger partial charge in [-0.1, -0.05) is 0 Å². The SMILES string of the molecule is CC#CCCC(O)c1cc(F)c(F)cc1F. The van der Waals surface area contributed by atoms with E-state index in [1.807, 2.05) is 0 Å². The normalized spacial score (nSPS) is 11.8. The van der Waals surface area contributed by atoms with Gasteiger partial charge in [0.05, 0.1) is 6.10 Å². The van der Waals surface area contributed by atoms with Gasteiger partial charge in [-0.2, -0.15) is 0 Å². The molecule has 0 saturated heterocycles. The lowest BCUT2D eigenvalue weighted by atomic mass is 10.0. The van der Waals surface area contributed by atoms with Gasteiger partial charge in [0, 0.05) is 18.1 Å². The molecule has 0 bridgehead atoms. The molecular formula is C12H11F3O. The molecule has 0 spiro atoms. The lowest BCUT2D eigenvalue weighted by Gasteiger charge is -2.10. The first-order valence-corrected chi connectivity index (χ1v) is 4.78. The highest BCUT2D eigenvalue weighted by atomic mass is 19.2. The number of benzene rings is 1. The van der Waals surface area contributed by atoms with E-state index < -0.39 is 23.6 Å². The van der Waals surface area contributed by atoms with Crippen LogP contribution in [0, 0.1) is 29.3 Å². The molecule has 86 valence electrons. The summed E-state index contributed by atoms with van der Waals surface area (Å²) in [6.07, 6.45) is -0.616. The summed E-state index contributed by atoms with van der Waals surface area (Å²) in [6, 6.07) is 1.11. The summed E-state index contributed by atoms with van der Waals surface area (Å²) in [5, 5.41) is 9.55. The first kappa shape index (κ1) is 12.6. The summed E-state index contributed by atoms with van der Waals surface area (Å²) in [5.41, 5.74) is -0.239. The number of hydrogen-bond acceptors (Lipinski definition) is 1. The summed E-state index contributed by atoms with van der Waals surface area (Å²) >= 11 is 0. The molecule has 1 rings (SSSR count). The van der Waals surface area contributed by atoms with Crippen molar-refractivity contribution in [3.05, 3.63) is 35.1 Å². The van der Waals surface area contributed by atoms with Crippen LogP contribution < -0.4 is 0 Å². The lowest BCUT2D eigenvalue weighted by Crippen LogP contribution is -2.02. The smallest absolute Gasteiger partial charge is 0.161 e. The molecule has 1 unspecified atom stereocenters. The molecule has 0 aliphatic carbocycles. The summed E-state index contributed by atoms with van der Waals surface area (Å²) in [6.45, 7) is 1.64. The van der Waals surface area contributed by atoms with E-state index in [0.717, 1.165) is 0 Å². The van der Waals surface area contributed by atoms with Gasteiger partial charge in [0.25, 0.3) is 0 Å². The Labute approximate surface area is 91.9 Å². The largest absolute Gasteiger partial charge is 0.388 e. The molecule has 0 aliphatic rings. The topological polar surface area (TPSA) is 20.2 Å². The van der Waals surface area contributed by atoms with Crippen molar-refractivity contribution in [3.8, 4) is 11.8 Å². The Kier molecular flexibility index (Phi) is 4.39. The van der Waals surface area contributed by atoms with Gasteiger partial charge >= 0.3 is 0 Å². The number of hydrogen-bond donors (Lipinski definition) is 1. The highest BCUT2D eigenvalue weighted by Gasteiger charge is 2.16. The Morgan fingerprint density at radius 2 is 1.81 bits per heavy atom. The molecule has 0 aliphatic heterocycles. The van der Waals surface area contributed by atoms with Crippen molar-refractivity contribution in [3.63, 3.8) is 0 Å². The summed E-state index contributed by atoms with van der Waals surface area (Å²) < 4.78 is 38.6. The second kappa shape index (κ2) is 5.57. The minimum atomic E-state index is -1.26. The van der Waals surface area contributed by atoms with Crippen molar-refractivity contribution in [2.75, 3.05) is 0 Å². The van der Waals surface area contributed by atoms with Crippen molar-refractivity contribution in [2.24, 2.45) is 0 Å². The van der Waals surface area contributed by atoms with Crippen LogP contribution in [0.5, 0.6) is 0 Å². The van der Waals surface area contributed by atoms with Gasteiger partial charge < -0.3 is 5.11 Å². The average molecular weight is 228 g/mol. The first-order chi connectivity index (χ1) is 7.56. The minimum absolute atomic E-state index is 0.183. The lowest BCUT2D eigenvalue weighted by molar-refractivity contribution is 0.164. The van der Waals surface area contributed by atoms with Gasteiger partial charge in [-0.05, 0) is 19.4 Å². The Morgan fingerprint density at radius 3 is 2.44 bits per heavy atom. The van der Waals surface area contributed by atoms with E-state index in [-0.39, 0.29) is 12.0 Å². The number of aliphatic hydroxyl groups is 1. The minimum Gasteiger partial charge on any atom is -0.388 e. The zero-order chi connectivity index (χ0) is 12.1. The van der Waals surface area contributed by atoms with E-state index in [0.29, 0.717) is 18.6 Å². The second-order valence-electron chi connectivity index (χ2n) is 3.27. The van der Waals surface area contributed by atoms with Crippen LogP contribution in [0.1, 0.15) is 31.4 Å². The fourth-order valence-corrected chi connectivity index (χ4v) is 1.28. The second-order valence-corrected chi connectivity index (χ2v) is 3.27. The van der Waals surface area contributed by atoms with Crippen molar-refractivity contribution in [2.45, 2.75) is 25.9 Å². The molecule has 16 heavy (non-hydrogen) atoms. The summed E-state index contributed by atoms with van der Waals surface area (Å²) in [5.74, 6) is 1.93. The highest BCUT2D eigenvalue weighted by molar-refractivity contribution is 5.22.